The van der Waals surface area contributed by atoms with E-state index < -0.39 is 0 Å². The SMILES string of the molecule is CC1OCCC1N(C)C(=O)c1cnc(N)c2ccccc12. The molecule has 1 aromatic heterocycles. The first-order valence-electron chi connectivity index (χ1n) is 7.11. The number of fused-ring (bicyclic) bond motifs is 1. The highest BCUT2D eigenvalue weighted by atomic mass is 16.5. The molecule has 2 N–H and O–H groups in total. The van der Waals surface area contributed by atoms with Gasteiger partial charge in [-0.05, 0) is 18.7 Å². The molecule has 2 unspecified atom stereocenters. The smallest absolute Gasteiger partial charge is 0.256 e. The molecule has 0 spiro atoms. The number of pyridine rings is 1. The van der Waals surface area contributed by atoms with Crippen LogP contribution in [0.1, 0.15) is 23.7 Å². The van der Waals surface area contributed by atoms with Gasteiger partial charge in [0.05, 0.1) is 17.7 Å². The molecular weight excluding hydrogens is 266 g/mol. The summed E-state index contributed by atoms with van der Waals surface area (Å²) in [5.41, 5.74) is 6.47. The number of amides is 1. The second kappa shape index (κ2) is 5.33. The zero-order valence-corrected chi connectivity index (χ0v) is 12.2. The van der Waals surface area contributed by atoms with Crippen LogP contribution in [0.2, 0.25) is 0 Å². The second-order valence-electron chi connectivity index (χ2n) is 5.45. The number of nitrogens with two attached hydrogens (primary N) is 1. The van der Waals surface area contributed by atoms with Crippen molar-refractivity contribution in [2.24, 2.45) is 0 Å². The van der Waals surface area contributed by atoms with Crippen molar-refractivity contribution < 1.29 is 9.53 Å². The van der Waals surface area contributed by atoms with Crippen LogP contribution in [-0.2, 0) is 4.74 Å². The summed E-state index contributed by atoms with van der Waals surface area (Å²) in [6.45, 7) is 2.70. The molecule has 1 saturated heterocycles. The molecule has 1 amide bonds. The number of hydrogen-bond acceptors (Lipinski definition) is 4. The first-order valence-corrected chi connectivity index (χ1v) is 7.11. The van der Waals surface area contributed by atoms with E-state index in [0.717, 1.165) is 17.2 Å². The van der Waals surface area contributed by atoms with Gasteiger partial charge in [-0.25, -0.2) is 4.98 Å². The van der Waals surface area contributed by atoms with Gasteiger partial charge in [0.25, 0.3) is 5.91 Å². The second-order valence-corrected chi connectivity index (χ2v) is 5.45. The molecule has 110 valence electrons. The number of carbonyl (C=O) groups excluding carboxylic acids is 1. The van der Waals surface area contributed by atoms with Gasteiger partial charge in [-0.15, -0.1) is 0 Å². The van der Waals surface area contributed by atoms with Gasteiger partial charge in [-0.2, -0.15) is 0 Å². The highest BCUT2D eigenvalue weighted by Gasteiger charge is 2.31. The molecule has 1 fully saturated rings. The van der Waals surface area contributed by atoms with Gasteiger partial charge in [0.15, 0.2) is 0 Å². The number of ether oxygens (including phenoxy) is 1. The Kier molecular flexibility index (Phi) is 3.51. The third kappa shape index (κ3) is 2.34. The van der Waals surface area contributed by atoms with Crippen LogP contribution in [0.25, 0.3) is 10.8 Å². The fraction of sp³-hybridized carbons (Fsp3) is 0.375. The molecule has 2 atom stereocenters. The average Bonchev–Trinajstić information content (AvgIpc) is 2.93. The van der Waals surface area contributed by atoms with E-state index in [4.69, 9.17) is 10.5 Å². The number of aromatic nitrogens is 1. The minimum absolute atomic E-state index is 0.0407. The number of carbonyl (C=O) groups is 1. The summed E-state index contributed by atoms with van der Waals surface area (Å²) in [6, 6.07) is 7.69. The topological polar surface area (TPSA) is 68.5 Å². The minimum atomic E-state index is -0.0407. The van der Waals surface area contributed by atoms with Gasteiger partial charge in [-0.1, -0.05) is 24.3 Å². The van der Waals surface area contributed by atoms with Crippen LogP contribution in [0.3, 0.4) is 0 Å². The van der Waals surface area contributed by atoms with Crippen molar-refractivity contribution in [2.75, 3.05) is 19.4 Å². The summed E-state index contributed by atoms with van der Waals surface area (Å²) in [4.78, 5) is 18.7. The van der Waals surface area contributed by atoms with Gasteiger partial charge < -0.3 is 15.4 Å². The Hall–Kier alpha value is -2.14. The Morgan fingerprint density at radius 2 is 2.10 bits per heavy atom. The summed E-state index contributed by atoms with van der Waals surface area (Å²) in [6.07, 6.45) is 2.49. The largest absolute Gasteiger partial charge is 0.383 e. The van der Waals surface area contributed by atoms with E-state index in [1.807, 2.05) is 38.2 Å². The number of likely N-dealkylation sites (N-methyl/N-ethyl adjacent to an activating group) is 1. The lowest BCUT2D eigenvalue weighted by atomic mass is 10.0. The maximum Gasteiger partial charge on any atom is 0.256 e. The summed E-state index contributed by atoms with van der Waals surface area (Å²) in [5, 5.41) is 1.65. The zero-order chi connectivity index (χ0) is 15.0. The van der Waals surface area contributed by atoms with E-state index in [0.29, 0.717) is 18.0 Å². The molecule has 0 saturated carbocycles. The molecule has 0 radical (unpaired) electrons. The van der Waals surface area contributed by atoms with E-state index in [9.17, 15) is 4.79 Å². The Labute approximate surface area is 123 Å². The lowest BCUT2D eigenvalue weighted by Gasteiger charge is -2.27. The van der Waals surface area contributed by atoms with Gasteiger partial charge in [0, 0.05) is 25.2 Å². The number of nitrogen functional groups attached to an aromatic ring is 1. The Morgan fingerprint density at radius 3 is 2.76 bits per heavy atom. The molecule has 21 heavy (non-hydrogen) atoms. The van der Waals surface area contributed by atoms with Crippen LogP contribution in [0.15, 0.2) is 30.5 Å². The van der Waals surface area contributed by atoms with Gasteiger partial charge >= 0.3 is 0 Å². The van der Waals surface area contributed by atoms with Crippen molar-refractivity contribution in [1.82, 2.24) is 9.88 Å². The van der Waals surface area contributed by atoms with E-state index in [1.165, 1.54) is 0 Å². The van der Waals surface area contributed by atoms with Crippen molar-refractivity contribution in [3.8, 4) is 0 Å². The molecule has 0 aliphatic carbocycles. The summed E-state index contributed by atoms with van der Waals surface area (Å²) in [7, 11) is 1.82. The minimum Gasteiger partial charge on any atom is -0.383 e. The van der Waals surface area contributed by atoms with Crippen molar-refractivity contribution in [1.29, 1.82) is 0 Å². The summed E-state index contributed by atoms with van der Waals surface area (Å²) >= 11 is 0. The van der Waals surface area contributed by atoms with Crippen molar-refractivity contribution in [3.63, 3.8) is 0 Å². The lowest BCUT2D eigenvalue weighted by Crippen LogP contribution is -2.41. The molecule has 1 aromatic carbocycles. The first-order chi connectivity index (χ1) is 10.1. The number of benzene rings is 1. The van der Waals surface area contributed by atoms with E-state index in [-0.39, 0.29) is 18.1 Å². The van der Waals surface area contributed by atoms with Gasteiger partial charge in [0.2, 0.25) is 0 Å². The van der Waals surface area contributed by atoms with Crippen LogP contribution in [-0.4, -0.2) is 41.6 Å². The quantitative estimate of drug-likeness (QED) is 0.917. The average molecular weight is 285 g/mol. The monoisotopic (exact) mass is 285 g/mol. The fourth-order valence-corrected chi connectivity index (χ4v) is 2.95. The maximum absolute atomic E-state index is 12.8. The molecule has 0 bridgehead atoms. The molecule has 2 heterocycles. The van der Waals surface area contributed by atoms with Crippen molar-refractivity contribution >= 4 is 22.5 Å². The fourth-order valence-electron chi connectivity index (χ4n) is 2.95. The Bertz CT molecular complexity index is 686. The van der Waals surface area contributed by atoms with Gasteiger partial charge in [-0.3, -0.25) is 4.79 Å². The highest BCUT2D eigenvalue weighted by molar-refractivity contribution is 6.08. The van der Waals surface area contributed by atoms with Crippen LogP contribution in [0, 0.1) is 0 Å². The molecule has 1 aliphatic heterocycles. The molecule has 2 aromatic rings. The predicted molar refractivity (Wildman–Crippen MR) is 82.1 cm³/mol. The summed E-state index contributed by atoms with van der Waals surface area (Å²) in [5.74, 6) is 0.406. The molecule has 5 heteroatoms. The first kappa shape index (κ1) is 13.8. The van der Waals surface area contributed by atoms with E-state index in [2.05, 4.69) is 4.98 Å². The normalized spacial score (nSPS) is 21.6. The molecule has 5 nitrogen and oxygen atoms in total. The Morgan fingerprint density at radius 1 is 1.38 bits per heavy atom. The molecule has 1 aliphatic rings. The number of anilines is 1. The number of nitrogens with zero attached hydrogens (tertiary/aromatic N) is 2. The van der Waals surface area contributed by atoms with Crippen LogP contribution >= 0.6 is 0 Å². The number of rotatable bonds is 2. The van der Waals surface area contributed by atoms with Gasteiger partial charge in [0.1, 0.15) is 5.82 Å². The number of hydrogen-bond donors (Lipinski definition) is 1. The molecule has 3 rings (SSSR count). The zero-order valence-electron chi connectivity index (χ0n) is 12.2. The van der Waals surface area contributed by atoms with Crippen molar-refractivity contribution in [3.05, 3.63) is 36.0 Å². The standard InChI is InChI=1S/C16H19N3O2/c1-10-14(7-8-21-10)19(2)16(20)13-9-18-15(17)12-6-4-3-5-11(12)13/h3-6,9-10,14H,7-8H2,1-2H3,(H2,17,18). The summed E-state index contributed by atoms with van der Waals surface area (Å²) < 4.78 is 5.55. The molecular formula is C16H19N3O2. The predicted octanol–water partition coefficient (Wildman–Crippen LogP) is 2.07. The highest BCUT2D eigenvalue weighted by Crippen LogP contribution is 2.25. The van der Waals surface area contributed by atoms with E-state index in [1.54, 1.807) is 11.1 Å². The van der Waals surface area contributed by atoms with E-state index >= 15 is 0 Å². The third-order valence-electron chi connectivity index (χ3n) is 4.21. The third-order valence-corrected chi connectivity index (χ3v) is 4.21. The van der Waals surface area contributed by atoms with Crippen LogP contribution < -0.4 is 5.73 Å². The van der Waals surface area contributed by atoms with Crippen molar-refractivity contribution in [2.45, 2.75) is 25.5 Å². The van der Waals surface area contributed by atoms with Crippen LogP contribution in [0.4, 0.5) is 5.82 Å². The maximum atomic E-state index is 12.8. The lowest BCUT2D eigenvalue weighted by molar-refractivity contribution is 0.0576. The van der Waals surface area contributed by atoms with Crippen LogP contribution in [0.5, 0.6) is 0 Å². The Balaban J connectivity index is 2.00.